The minimum absolute atomic E-state index is 0.142. The van der Waals surface area contributed by atoms with Crippen molar-refractivity contribution in [2.45, 2.75) is 12.8 Å². The maximum atomic E-state index is 12.3. The molecule has 1 aliphatic rings. The Bertz CT molecular complexity index is 679. The van der Waals surface area contributed by atoms with Crippen molar-refractivity contribution in [2.75, 3.05) is 31.6 Å². The van der Waals surface area contributed by atoms with E-state index in [1.807, 2.05) is 0 Å². The summed E-state index contributed by atoms with van der Waals surface area (Å²) in [6, 6.07) is 0. The van der Waals surface area contributed by atoms with Gasteiger partial charge in [-0.25, -0.2) is 4.98 Å². The molecule has 3 heterocycles. The number of ether oxygens (including phenoxy) is 1. The van der Waals surface area contributed by atoms with E-state index in [0.29, 0.717) is 23.9 Å². The predicted octanol–water partition coefficient (Wildman–Crippen LogP) is 0.865. The molecule has 1 saturated heterocycles. The zero-order chi connectivity index (χ0) is 16.9. The fraction of sp³-hybridized carbons (Fsp3) is 0.500. The van der Waals surface area contributed by atoms with E-state index < -0.39 is 0 Å². The summed E-state index contributed by atoms with van der Waals surface area (Å²) in [5.41, 5.74) is 0.469. The first-order chi connectivity index (χ1) is 11.7. The van der Waals surface area contributed by atoms with Gasteiger partial charge in [0.1, 0.15) is 11.4 Å². The zero-order valence-corrected chi connectivity index (χ0v) is 14.0. The van der Waals surface area contributed by atoms with Gasteiger partial charge in [0, 0.05) is 45.3 Å². The van der Waals surface area contributed by atoms with Crippen molar-refractivity contribution in [1.82, 2.24) is 25.1 Å². The molecule has 3 rings (SSSR count). The number of nitrogens with zero attached hydrogens (tertiary/aromatic N) is 5. The van der Waals surface area contributed by atoms with Gasteiger partial charge in [-0.2, -0.15) is 0 Å². The lowest BCUT2D eigenvalue weighted by molar-refractivity contribution is 0.0942. The largest absolute Gasteiger partial charge is 0.479 e. The Balaban J connectivity index is 1.49. The van der Waals surface area contributed by atoms with E-state index in [1.165, 1.54) is 7.11 Å². The van der Waals surface area contributed by atoms with Crippen LogP contribution in [-0.2, 0) is 7.05 Å². The summed E-state index contributed by atoms with van der Waals surface area (Å²) in [4.78, 5) is 23.0. The number of aromatic nitrogens is 4. The average Bonchev–Trinajstić information content (AvgIpc) is 3.02. The van der Waals surface area contributed by atoms with Gasteiger partial charge in [-0.05, 0) is 18.8 Å². The second-order valence-electron chi connectivity index (χ2n) is 5.93. The summed E-state index contributed by atoms with van der Waals surface area (Å²) < 4.78 is 6.71. The fourth-order valence-electron chi connectivity index (χ4n) is 2.93. The first kappa shape index (κ1) is 16.2. The standard InChI is InChI=1S/C16H22N6O2/c1-21-11-13(16(20-21)24-2)15(23)19-9-12-3-7-22(8-4-12)14-10-17-5-6-18-14/h5-6,10-12H,3-4,7-9H2,1-2H3,(H,19,23). The van der Waals surface area contributed by atoms with Gasteiger partial charge in [-0.15, -0.1) is 5.10 Å². The normalized spacial score (nSPS) is 15.3. The van der Waals surface area contributed by atoms with Crippen LogP contribution in [0.5, 0.6) is 5.88 Å². The molecule has 0 atom stereocenters. The molecule has 0 spiro atoms. The van der Waals surface area contributed by atoms with Gasteiger partial charge in [0.2, 0.25) is 5.88 Å². The molecule has 1 N–H and O–H groups in total. The molecule has 0 bridgehead atoms. The monoisotopic (exact) mass is 330 g/mol. The first-order valence-corrected chi connectivity index (χ1v) is 8.04. The molecule has 24 heavy (non-hydrogen) atoms. The maximum absolute atomic E-state index is 12.3. The molecule has 8 heteroatoms. The Labute approximate surface area is 140 Å². The van der Waals surface area contributed by atoms with Gasteiger partial charge in [0.05, 0.1) is 13.3 Å². The van der Waals surface area contributed by atoms with Gasteiger partial charge in [-0.1, -0.05) is 0 Å². The molecule has 0 radical (unpaired) electrons. The third kappa shape index (κ3) is 3.64. The molecule has 1 amide bonds. The van der Waals surface area contributed by atoms with Crippen LogP contribution in [0.3, 0.4) is 0 Å². The number of carbonyl (C=O) groups is 1. The number of piperidine rings is 1. The molecular weight excluding hydrogens is 308 g/mol. The number of hydrogen-bond acceptors (Lipinski definition) is 6. The van der Waals surface area contributed by atoms with Crippen molar-refractivity contribution in [3.05, 3.63) is 30.4 Å². The average molecular weight is 330 g/mol. The van der Waals surface area contributed by atoms with E-state index in [9.17, 15) is 4.79 Å². The van der Waals surface area contributed by atoms with Crippen LogP contribution in [0.2, 0.25) is 0 Å². The summed E-state index contributed by atoms with van der Waals surface area (Å²) >= 11 is 0. The molecule has 1 fully saturated rings. The van der Waals surface area contributed by atoms with Crippen LogP contribution in [0.1, 0.15) is 23.2 Å². The molecule has 0 aliphatic carbocycles. The molecule has 0 aromatic carbocycles. The molecule has 2 aromatic heterocycles. The van der Waals surface area contributed by atoms with Gasteiger partial charge in [0.15, 0.2) is 0 Å². The summed E-state index contributed by atoms with van der Waals surface area (Å²) in [5, 5.41) is 7.10. The Hall–Kier alpha value is -2.64. The van der Waals surface area contributed by atoms with Crippen LogP contribution >= 0.6 is 0 Å². The number of rotatable bonds is 5. The van der Waals surface area contributed by atoms with Gasteiger partial charge in [-0.3, -0.25) is 14.5 Å². The third-order valence-corrected chi connectivity index (χ3v) is 4.27. The van der Waals surface area contributed by atoms with E-state index in [4.69, 9.17) is 4.74 Å². The number of nitrogens with one attached hydrogen (secondary N) is 1. The van der Waals surface area contributed by atoms with Crippen molar-refractivity contribution < 1.29 is 9.53 Å². The number of hydrogen-bond donors (Lipinski definition) is 1. The maximum Gasteiger partial charge on any atom is 0.258 e. The van der Waals surface area contributed by atoms with Crippen LogP contribution < -0.4 is 15.0 Å². The minimum atomic E-state index is -0.142. The smallest absolute Gasteiger partial charge is 0.258 e. The molecule has 2 aromatic rings. The lowest BCUT2D eigenvalue weighted by Gasteiger charge is -2.32. The Morgan fingerprint density at radius 2 is 2.17 bits per heavy atom. The fourth-order valence-corrected chi connectivity index (χ4v) is 2.93. The Morgan fingerprint density at radius 1 is 1.38 bits per heavy atom. The summed E-state index contributed by atoms with van der Waals surface area (Å²) in [7, 11) is 3.28. The third-order valence-electron chi connectivity index (χ3n) is 4.27. The van der Waals surface area contributed by atoms with E-state index in [1.54, 1.807) is 36.5 Å². The predicted molar refractivity (Wildman–Crippen MR) is 89.1 cm³/mol. The van der Waals surface area contributed by atoms with E-state index >= 15 is 0 Å². The van der Waals surface area contributed by atoms with Crippen molar-refractivity contribution in [2.24, 2.45) is 13.0 Å². The topological polar surface area (TPSA) is 85.2 Å². The highest BCUT2D eigenvalue weighted by molar-refractivity contribution is 5.96. The van der Waals surface area contributed by atoms with Crippen molar-refractivity contribution in [3.63, 3.8) is 0 Å². The van der Waals surface area contributed by atoms with Crippen LogP contribution in [-0.4, -0.2) is 52.4 Å². The van der Waals surface area contributed by atoms with E-state index in [2.05, 4.69) is 25.3 Å². The number of methoxy groups -OCH3 is 1. The van der Waals surface area contributed by atoms with Crippen molar-refractivity contribution in [3.8, 4) is 5.88 Å². The van der Waals surface area contributed by atoms with Crippen LogP contribution in [0, 0.1) is 5.92 Å². The highest BCUT2D eigenvalue weighted by atomic mass is 16.5. The molecule has 0 unspecified atom stereocenters. The SMILES string of the molecule is COc1nn(C)cc1C(=O)NCC1CCN(c2cnccn2)CC1. The highest BCUT2D eigenvalue weighted by Crippen LogP contribution is 2.21. The summed E-state index contributed by atoms with van der Waals surface area (Å²) in [6.07, 6.45) is 8.88. The molecule has 1 aliphatic heterocycles. The van der Waals surface area contributed by atoms with Crippen LogP contribution in [0.4, 0.5) is 5.82 Å². The first-order valence-electron chi connectivity index (χ1n) is 8.04. The zero-order valence-electron chi connectivity index (χ0n) is 14.0. The summed E-state index contributed by atoms with van der Waals surface area (Å²) in [6.45, 7) is 2.51. The number of anilines is 1. The lowest BCUT2D eigenvalue weighted by Crippen LogP contribution is -2.39. The van der Waals surface area contributed by atoms with Gasteiger partial charge < -0.3 is 15.0 Å². The number of carbonyl (C=O) groups excluding carboxylic acids is 1. The van der Waals surface area contributed by atoms with E-state index in [0.717, 1.165) is 31.7 Å². The quantitative estimate of drug-likeness (QED) is 0.875. The van der Waals surface area contributed by atoms with Gasteiger partial charge in [0.25, 0.3) is 5.91 Å². The van der Waals surface area contributed by atoms with Gasteiger partial charge >= 0.3 is 0 Å². The van der Waals surface area contributed by atoms with Crippen molar-refractivity contribution >= 4 is 11.7 Å². The Morgan fingerprint density at radius 3 is 2.83 bits per heavy atom. The number of aryl methyl sites for hydroxylation is 1. The van der Waals surface area contributed by atoms with Crippen LogP contribution in [0.15, 0.2) is 24.8 Å². The molecule has 0 saturated carbocycles. The summed E-state index contributed by atoms with van der Waals surface area (Å²) in [5.74, 6) is 1.59. The Kier molecular flexibility index (Phi) is 4.93. The molecule has 128 valence electrons. The lowest BCUT2D eigenvalue weighted by atomic mass is 9.97. The minimum Gasteiger partial charge on any atom is -0.479 e. The highest BCUT2D eigenvalue weighted by Gasteiger charge is 2.22. The second kappa shape index (κ2) is 7.29. The van der Waals surface area contributed by atoms with Crippen molar-refractivity contribution in [1.29, 1.82) is 0 Å². The van der Waals surface area contributed by atoms with Crippen LogP contribution in [0.25, 0.3) is 0 Å². The van der Waals surface area contributed by atoms with E-state index in [-0.39, 0.29) is 5.91 Å². The molecule has 8 nitrogen and oxygen atoms in total. The molecular formula is C16H22N6O2. The number of amides is 1. The second-order valence-corrected chi connectivity index (χ2v) is 5.93.